The van der Waals surface area contributed by atoms with Crippen molar-refractivity contribution in [3.05, 3.63) is 39.6 Å². The van der Waals surface area contributed by atoms with Gasteiger partial charge in [-0.1, -0.05) is 6.07 Å². The van der Waals surface area contributed by atoms with Gasteiger partial charge in [-0.15, -0.1) is 11.3 Å². The van der Waals surface area contributed by atoms with E-state index in [1.54, 1.807) is 12.1 Å². The van der Waals surface area contributed by atoms with Crippen LogP contribution in [0.4, 0.5) is 4.39 Å². The van der Waals surface area contributed by atoms with Gasteiger partial charge >= 0.3 is 5.97 Å². The molecule has 1 N–H and O–H groups in total. The van der Waals surface area contributed by atoms with Gasteiger partial charge in [-0.05, 0) is 28.1 Å². The molecule has 0 saturated heterocycles. The predicted molar refractivity (Wildman–Crippen MR) is 62.2 cm³/mol. The molecule has 6 heteroatoms. The summed E-state index contributed by atoms with van der Waals surface area (Å²) in [5.74, 6) is -1.48. The first-order valence-electron chi connectivity index (χ1n) is 4.22. The number of thiazole rings is 1. The van der Waals surface area contributed by atoms with Crippen molar-refractivity contribution in [3.8, 4) is 10.6 Å². The average Bonchev–Trinajstić information content (AvgIpc) is 2.71. The number of nitrogens with zero attached hydrogens (tertiary/aromatic N) is 1. The Kier molecular flexibility index (Phi) is 3.02. The standard InChI is InChI=1S/C10H5BrFNO2S/c11-6-2-1-5(3-7(6)12)9-13-8(4-16-9)10(14)15/h1-4H,(H,14,15). The Bertz CT molecular complexity index is 556. The Labute approximate surface area is 103 Å². The lowest BCUT2D eigenvalue weighted by atomic mass is 10.2. The number of aromatic carboxylic acids is 1. The largest absolute Gasteiger partial charge is 0.476 e. The molecule has 0 aliphatic carbocycles. The first-order valence-corrected chi connectivity index (χ1v) is 5.89. The van der Waals surface area contributed by atoms with E-state index in [1.165, 1.54) is 22.8 Å². The van der Waals surface area contributed by atoms with Gasteiger partial charge in [0.15, 0.2) is 5.69 Å². The second kappa shape index (κ2) is 4.31. The Balaban J connectivity index is 2.42. The topological polar surface area (TPSA) is 50.2 Å². The van der Waals surface area contributed by atoms with E-state index in [9.17, 15) is 9.18 Å². The van der Waals surface area contributed by atoms with Crippen molar-refractivity contribution in [1.29, 1.82) is 0 Å². The summed E-state index contributed by atoms with van der Waals surface area (Å²) in [6.45, 7) is 0. The van der Waals surface area contributed by atoms with Crippen molar-refractivity contribution in [1.82, 2.24) is 4.98 Å². The fourth-order valence-corrected chi connectivity index (χ4v) is 2.17. The summed E-state index contributed by atoms with van der Waals surface area (Å²) in [7, 11) is 0. The highest BCUT2D eigenvalue weighted by Gasteiger charge is 2.11. The number of carbonyl (C=O) groups is 1. The van der Waals surface area contributed by atoms with Crippen LogP contribution in [0.1, 0.15) is 10.5 Å². The Morgan fingerprint density at radius 3 is 2.81 bits per heavy atom. The number of rotatable bonds is 2. The number of hydrogen-bond acceptors (Lipinski definition) is 3. The quantitative estimate of drug-likeness (QED) is 0.925. The highest BCUT2D eigenvalue weighted by atomic mass is 79.9. The molecule has 1 aromatic heterocycles. The molecule has 16 heavy (non-hydrogen) atoms. The zero-order chi connectivity index (χ0) is 11.7. The van der Waals surface area contributed by atoms with Crippen molar-refractivity contribution in [2.45, 2.75) is 0 Å². The monoisotopic (exact) mass is 301 g/mol. The molecule has 82 valence electrons. The average molecular weight is 302 g/mol. The summed E-state index contributed by atoms with van der Waals surface area (Å²) in [6, 6.07) is 4.55. The summed E-state index contributed by atoms with van der Waals surface area (Å²) in [5.41, 5.74) is 0.543. The lowest BCUT2D eigenvalue weighted by Gasteiger charge is -1.97. The maximum absolute atomic E-state index is 13.2. The zero-order valence-electron chi connectivity index (χ0n) is 7.78. The van der Waals surface area contributed by atoms with Crippen LogP contribution in [0.15, 0.2) is 28.1 Å². The molecule has 1 heterocycles. The number of hydrogen-bond donors (Lipinski definition) is 1. The number of halogens is 2. The van der Waals surface area contributed by atoms with Crippen LogP contribution in [0.5, 0.6) is 0 Å². The fourth-order valence-electron chi connectivity index (χ4n) is 1.13. The molecule has 1 aromatic carbocycles. The van der Waals surface area contributed by atoms with Crippen LogP contribution >= 0.6 is 27.3 Å². The molecule has 0 aliphatic heterocycles. The summed E-state index contributed by atoms with van der Waals surface area (Å²) >= 11 is 4.22. The third-order valence-corrected chi connectivity index (χ3v) is 3.42. The lowest BCUT2D eigenvalue weighted by Crippen LogP contribution is -1.95. The molecule has 0 radical (unpaired) electrons. The maximum atomic E-state index is 13.2. The second-order valence-electron chi connectivity index (χ2n) is 2.97. The minimum atomic E-state index is -1.08. The van der Waals surface area contributed by atoms with E-state index < -0.39 is 11.8 Å². The number of benzene rings is 1. The van der Waals surface area contributed by atoms with E-state index in [0.717, 1.165) is 0 Å². The van der Waals surface area contributed by atoms with E-state index >= 15 is 0 Å². The van der Waals surface area contributed by atoms with Gasteiger partial charge < -0.3 is 5.11 Å². The molecular formula is C10H5BrFNO2S. The Morgan fingerprint density at radius 1 is 1.50 bits per heavy atom. The van der Waals surface area contributed by atoms with Crippen LogP contribution in [-0.4, -0.2) is 16.1 Å². The van der Waals surface area contributed by atoms with Crippen LogP contribution in [-0.2, 0) is 0 Å². The molecule has 2 aromatic rings. The van der Waals surface area contributed by atoms with Crippen LogP contribution in [0.3, 0.4) is 0 Å². The second-order valence-corrected chi connectivity index (χ2v) is 4.68. The summed E-state index contributed by atoms with van der Waals surface area (Å²) in [5, 5.41) is 10.6. The molecule has 0 amide bonds. The molecule has 0 unspecified atom stereocenters. The molecule has 0 atom stereocenters. The minimum absolute atomic E-state index is 0.0247. The summed E-state index contributed by atoms with van der Waals surface area (Å²) < 4.78 is 13.6. The Morgan fingerprint density at radius 2 is 2.25 bits per heavy atom. The summed E-state index contributed by atoms with van der Waals surface area (Å²) in [4.78, 5) is 14.5. The highest BCUT2D eigenvalue weighted by molar-refractivity contribution is 9.10. The number of carboxylic acids is 1. The SMILES string of the molecule is O=C(O)c1csc(-c2ccc(Br)c(F)c2)n1. The van der Waals surface area contributed by atoms with Crippen molar-refractivity contribution in [2.24, 2.45) is 0 Å². The van der Waals surface area contributed by atoms with Crippen molar-refractivity contribution < 1.29 is 14.3 Å². The van der Waals surface area contributed by atoms with Crippen molar-refractivity contribution >= 4 is 33.2 Å². The van der Waals surface area contributed by atoms with E-state index in [-0.39, 0.29) is 5.69 Å². The van der Waals surface area contributed by atoms with Gasteiger partial charge in [0.2, 0.25) is 0 Å². The molecule has 0 aliphatic rings. The van der Waals surface area contributed by atoms with Gasteiger partial charge in [-0.2, -0.15) is 0 Å². The maximum Gasteiger partial charge on any atom is 0.355 e. The first-order chi connectivity index (χ1) is 7.58. The molecule has 2 rings (SSSR count). The molecule has 0 bridgehead atoms. The molecule has 0 saturated carbocycles. The predicted octanol–water partition coefficient (Wildman–Crippen LogP) is 3.41. The lowest BCUT2D eigenvalue weighted by molar-refractivity contribution is 0.0691. The van der Waals surface area contributed by atoms with Gasteiger partial charge in [-0.3, -0.25) is 0 Å². The van der Waals surface area contributed by atoms with E-state index in [0.29, 0.717) is 15.0 Å². The minimum Gasteiger partial charge on any atom is -0.476 e. The van der Waals surface area contributed by atoms with Gasteiger partial charge in [-0.25, -0.2) is 14.2 Å². The first kappa shape index (κ1) is 11.2. The molecule has 0 spiro atoms. The van der Waals surface area contributed by atoms with Gasteiger partial charge in [0.25, 0.3) is 0 Å². The number of aromatic nitrogens is 1. The van der Waals surface area contributed by atoms with E-state index in [2.05, 4.69) is 20.9 Å². The van der Waals surface area contributed by atoms with Crippen LogP contribution < -0.4 is 0 Å². The third-order valence-electron chi connectivity index (χ3n) is 1.89. The van der Waals surface area contributed by atoms with Gasteiger partial charge in [0.05, 0.1) is 4.47 Å². The van der Waals surface area contributed by atoms with E-state index in [1.807, 2.05) is 0 Å². The molecule has 0 fully saturated rings. The van der Waals surface area contributed by atoms with Crippen LogP contribution in [0.25, 0.3) is 10.6 Å². The van der Waals surface area contributed by atoms with Crippen molar-refractivity contribution in [3.63, 3.8) is 0 Å². The van der Waals surface area contributed by atoms with Gasteiger partial charge in [0.1, 0.15) is 10.8 Å². The van der Waals surface area contributed by atoms with E-state index in [4.69, 9.17) is 5.11 Å². The summed E-state index contributed by atoms with van der Waals surface area (Å²) in [6.07, 6.45) is 0. The van der Waals surface area contributed by atoms with Crippen molar-refractivity contribution in [2.75, 3.05) is 0 Å². The Hall–Kier alpha value is -1.27. The van der Waals surface area contributed by atoms with Crippen LogP contribution in [0, 0.1) is 5.82 Å². The highest BCUT2D eigenvalue weighted by Crippen LogP contribution is 2.27. The van der Waals surface area contributed by atoms with Gasteiger partial charge in [0, 0.05) is 10.9 Å². The molecule has 3 nitrogen and oxygen atoms in total. The number of carboxylic acid groups (broad SMARTS) is 1. The van der Waals surface area contributed by atoms with Crippen LogP contribution in [0.2, 0.25) is 0 Å². The third kappa shape index (κ3) is 2.12. The normalized spacial score (nSPS) is 10.4. The molecular weight excluding hydrogens is 297 g/mol. The fraction of sp³-hybridized carbons (Fsp3) is 0. The zero-order valence-corrected chi connectivity index (χ0v) is 10.2. The smallest absolute Gasteiger partial charge is 0.355 e.